The van der Waals surface area contributed by atoms with Gasteiger partial charge in [0.05, 0.1) is 11.1 Å². The highest BCUT2D eigenvalue weighted by Gasteiger charge is 2.14. The Morgan fingerprint density at radius 2 is 1.79 bits per heavy atom. The Morgan fingerprint density at radius 3 is 2.33 bits per heavy atom. The fourth-order valence-electron chi connectivity index (χ4n) is 2.08. The molecule has 0 amide bonds. The summed E-state index contributed by atoms with van der Waals surface area (Å²) in [5, 5.41) is 0.687. The first-order valence-corrected chi connectivity index (χ1v) is 8.83. The summed E-state index contributed by atoms with van der Waals surface area (Å²) in [7, 11) is -2.34. The van der Waals surface area contributed by atoms with Crippen LogP contribution >= 0.6 is 0 Å². The van der Waals surface area contributed by atoms with Crippen molar-refractivity contribution in [3.8, 4) is 11.1 Å². The first-order valence-electron chi connectivity index (χ1n) is 7.33. The molecule has 0 bridgehead atoms. The van der Waals surface area contributed by atoms with Gasteiger partial charge in [-0.1, -0.05) is 12.1 Å². The molecule has 0 saturated carbocycles. The van der Waals surface area contributed by atoms with Gasteiger partial charge in [-0.15, -0.1) is 0 Å². The van der Waals surface area contributed by atoms with Gasteiger partial charge in [-0.25, -0.2) is 9.37 Å². The fraction of sp³-hybridized carbons (Fsp3) is 0.235. The van der Waals surface area contributed by atoms with Gasteiger partial charge in [0.1, 0.15) is 11.6 Å². The average molecular weight is 350 g/mol. The Bertz CT molecular complexity index is 847. The zero-order chi connectivity index (χ0) is 17.9. The second-order valence-corrected chi connectivity index (χ2v) is 6.94. The highest BCUT2D eigenvalue weighted by molar-refractivity contribution is 7.88. The van der Waals surface area contributed by atoms with Crippen LogP contribution in [0.15, 0.2) is 41.8 Å². The standard InChI is InChI=1S/C17H19FN2O3S/c1-12(2)20(3)17-16(13-4-6-14(18)7-5-13)9-8-15(19-17)10-11-24(21,22)23/h4-12H,1-3H3,(H,21,22,23). The second kappa shape index (κ2) is 7.11. The molecule has 2 aromatic rings. The van der Waals surface area contributed by atoms with Crippen molar-refractivity contribution < 1.29 is 17.4 Å². The van der Waals surface area contributed by atoms with Gasteiger partial charge >= 0.3 is 0 Å². The number of rotatable bonds is 5. The van der Waals surface area contributed by atoms with Crippen molar-refractivity contribution in [3.05, 3.63) is 53.3 Å². The minimum absolute atomic E-state index is 0.150. The molecule has 128 valence electrons. The molecule has 0 spiro atoms. The predicted molar refractivity (Wildman–Crippen MR) is 93.8 cm³/mol. The minimum Gasteiger partial charge on any atom is -0.357 e. The summed E-state index contributed by atoms with van der Waals surface area (Å²) < 4.78 is 43.7. The molecule has 0 atom stereocenters. The maximum Gasteiger partial charge on any atom is 0.287 e. The maximum atomic E-state index is 13.2. The van der Waals surface area contributed by atoms with Crippen molar-refractivity contribution >= 4 is 22.0 Å². The number of hydrogen-bond acceptors (Lipinski definition) is 4. The van der Waals surface area contributed by atoms with E-state index in [1.807, 2.05) is 25.8 Å². The van der Waals surface area contributed by atoms with Crippen molar-refractivity contribution in [1.82, 2.24) is 4.98 Å². The second-order valence-electron chi connectivity index (χ2n) is 5.64. The summed E-state index contributed by atoms with van der Waals surface area (Å²) in [6.45, 7) is 3.99. The summed E-state index contributed by atoms with van der Waals surface area (Å²) in [5.74, 6) is 0.312. The van der Waals surface area contributed by atoms with Gasteiger partial charge in [0.2, 0.25) is 0 Å². The lowest BCUT2D eigenvalue weighted by atomic mass is 10.0. The lowest BCUT2D eigenvalue weighted by molar-refractivity contribution is 0.494. The van der Waals surface area contributed by atoms with E-state index in [2.05, 4.69) is 4.98 Å². The summed E-state index contributed by atoms with van der Waals surface area (Å²) in [6.07, 6.45) is 1.22. The van der Waals surface area contributed by atoms with Crippen LogP contribution in [0, 0.1) is 5.82 Å². The van der Waals surface area contributed by atoms with Crippen LogP contribution in [0.5, 0.6) is 0 Å². The summed E-state index contributed by atoms with van der Waals surface area (Å²) >= 11 is 0. The van der Waals surface area contributed by atoms with E-state index in [0.717, 1.165) is 11.1 Å². The van der Waals surface area contributed by atoms with Crippen LogP contribution in [0.4, 0.5) is 10.2 Å². The molecular weight excluding hydrogens is 331 g/mol. The maximum absolute atomic E-state index is 13.2. The van der Waals surface area contributed by atoms with Crippen LogP contribution in [0.1, 0.15) is 19.5 Å². The fourth-order valence-corrected chi connectivity index (χ4v) is 2.39. The van der Waals surface area contributed by atoms with Gasteiger partial charge in [-0.05, 0) is 49.8 Å². The highest BCUT2D eigenvalue weighted by atomic mass is 32.2. The first kappa shape index (κ1) is 18.1. The monoisotopic (exact) mass is 350 g/mol. The molecule has 0 unspecified atom stereocenters. The Morgan fingerprint density at radius 1 is 1.17 bits per heavy atom. The topological polar surface area (TPSA) is 70.5 Å². The van der Waals surface area contributed by atoms with E-state index in [0.29, 0.717) is 16.9 Å². The highest BCUT2D eigenvalue weighted by Crippen LogP contribution is 2.30. The van der Waals surface area contributed by atoms with Gasteiger partial charge in [-0.2, -0.15) is 8.42 Å². The minimum atomic E-state index is -4.21. The molecule has 7 heteroatoms. The lowest BCUT2D eigenvalue weighted by Crippen LogP contribution is -2.27. The van der Waals surface area contributed by atoms with Crippen LogP contribution in [-0.4, -0.2) is 31.0 Å². The van der Waals surface area contributed by atoms with E-state index in [1.165, 1.54) is 18.2 Å². The molecule has 24 heavy (non-hydrogen) atoms. The number of aromatic nitrogens is 1. The molecule has 0 saturated heterocycles. The Kier molecular flexibility index (Phi) is 5.36. The number of anilines is 1. The van der Waals surface area contributed by atoms with E-state index in [1.54, 1.807) is 24.3 Å². The Labute approximate surface area is 141 Å². The lowest BCUT2D eigenvalue weighted by Gasteiger charge is -2.25. The van der Waals surface area contributed by atoms with E-state index in [9.17, 15) is 12.8 Å². The van der Waals surface area contributed by atoms with Gasteiger partial charge in [0, 0.05) is 18.7 Å². The van der Waals surface area contributed by atoms with Gasteiger partial charge in [0.25, 0.3) is 10.1 Å². The zero-order valence-corrected chi connectivity index (χ0v) is 14.5. The SMILES string of the molecule is CC(C)N(C)c1nc(C=CS(=O)(=O)O)ccc1-c1ccc(F)cc1. The van der Waals surface area contributed by atoms with E-state index >= 15 is 0 Å². The Balaban J connectivity index is 2.54. The molecule has 1 heterocycles. The smallest absolute Gasteiger partial charge is 0.287 e. The first-order chi connectivity index (χ1) is 11.2. The van der Waals surface area contributed by atoms with Crippen molar-refractivity contribution in [1.29, 1.82) is 0 Å². The van der Waals surface area contributed by atoms with E-state index in [-0.39, 0.29) is 11.9 Å². The van der Waals surface area contributed by atoms with E-state index < -0.39 is 10.1 Å². The van der Waals surface area contributed by atoms with Gasteiger partial charge in [0.15, 0.2) is 0 Å². The van der Waals surface area contributed by atoms with Crippen molar-refractivity contribution in [2.24, 2.45) is 0 Å². The zero-order valence-electron chi connectivity index (χ0n) is 13.6. The predicted octanol–water partition coefficient (Wildman–Crippen LogP) is 3.59. The molecule has 5 nitrogen and oxygen atoms in total. The van der Waals surface area contributed by atoms with Crippen LogP contribution < -0.4 is 4.90 Å². The van der Waals surface area contributed by atoms with Crippen molar-refractivity contribution in [2.75, 3.05) is 11.9 Å². The third-order valence-corrected chi connectivity index (χ3v) is 4.05. The number of nitrogens with zero attached hydrogens (tertiary/aromatic N) is 2. The van der Waals surface area contributed by atoms with E-state index in [4.69, 9.17) is 4.55 Å². The largest absolute Gasteiger partial charge is 0.357 e. The number of halogens is 1. The molecule has 0 aliphatic rings. The molecule has 1 aromatic heterocycles. The third kappa shape index (κ3) is 4.62. The van der Waals surface area contributed by atoms with Crippen LogP contribution in [-0.2, 0) is 10.1 Å². The van der Waals surface area contributed by atoms with Gasteiger partial charge in [-0.3, -0.25) is 4.55 Å². The molecule has 0 radical (unpaired) electrons. The molecule has 1 aromatic carbocycles. The number of hydrogen-bond donors (Lipinski definition) is 1. The van der Waals surface area contributed by atoms with Gasteiger partial charge < -0.3 is 4.90 Å². The number of benzene rings is 1. The molecule has 2 rings (SSSR count). The van der Waals surface area contributed by atoms with Crippen molar-refractivity contribution in [3.63, 3.8) is 0 Å². The van der Waals surface area contributed by atoms with Crippen LogP contribution in [0.2, 0.25) is 0 Å². The summed E-state index contributed by atoms with van der Waals surface area (Å²) in [5.41, 5.74) is 1.99. The average Bonchev–Trinajstić information content (AvgIpc) is 2.52. The number of pyridine rings is 1. The molecule has 1 N–H and O–H groups in total. The Hall–Kier alpha value is -2.25. The quantitative estimate of drug-likeness (QED) is 0.835. The van der Waals surface area contributed by atoms with Crippen LogP contribution in [0.25, 0.3) is 17.2 Å². The molecule has 0 fully saturated rings. The summed E-state index contributed by atoms with van der Waals surface area (Å²) in [6, 6.07) is 9.66. The molecular formula is C17H19FN2O3S. The van der Waals surface area contributed by atoms with Crippen molar-refractivity contribution in [2.45, 2.75) is 19.9 Å². The summed E-state index contributed by atoms with van der Waals surface area (Å²) in [4.78, 5) is 6.40. The normalized spacial score (nSPS) is 12.1. The molecule has 0 aliphatic heterocycles. The third-order valence-electron chi connectivity index (χ3n) is 3.57. The molecule has 0 aliphatic carbocycles. The van der Waals surface area contributed by atoms with Crippen LogP contribution in [0.3, 0.4) is 0 Å².